The average molecular weight is 410 g/mol. The number of benzene rings is 1. The van der Waals surface area contributed by atoms with Gasteiger partial charge in [-0.05, 0) is 32.8 Å². The van der Waals surface area contributed by atoms with Gasteiger partial charge >= 0.3 is 6.61 Å². The Bertz CT molecular complexity index is 740. The van der Waals surface area contributed by atoms with Crippen molar-refractivity contribution in [3.8, 4) is 11.5 Å². The van der Waals surface area contributed by atoms with Gasteiger partial charge in [-0.3, -0.25) is 0 Å². The molecule has 0 bridgehead atoms. The summed E-state index contributed by atoms with van der Waals surface area (Å²) in [5.74, 6) is 0.923. The van der Waals surface area contributed by atoms with Crippen molar-refractivity contribution in [1.29, 1.82) is 0 Å². The first-order valence-corrected chi connectivity index (χ1v) is 9.68. The molecule has 0 saturated carbocycles. The zero-order valence-electron chi connectivity index (χ0n) is 16.8. The molecule has 0 saturated heterocycles. The molecule has 0 amide bonds. The van der Waals surface area contributed by atoms with Crippen molar-refractivity contribution in [3.63, 3.8) is 0 Å². The minimum absolute atomic E-state index is 0.0258. The van der Waals surface area contributed by atoms with Crippen molar-refractivity contribution < 1.29 is 18.3 Å². The topological polar surface area (TPSA) is 85.6 Å². The highest BCUT2D eigenvalue weighted by atomic mass is 19.3. The van der Waals surface area contributed by atoms with Crippen molar-refractivity contribution in [2.45, 2.75) is 46.4 Å². The molecule has 1 heterocycles. The van der Waals surface area contributed by atoms with Crippen LogP contribution in [0.25, 0.3) is 0 Å². The average Bonchev–Trinajstić information content (AvgIpc) is 3.21. The van der Waals surface area contributed by atoms with E-state index < -0.39 is 6.61 Å². The van der Waals surface area contributed by atoms with E-state index in [-0.39, 0.29) is 18.0 Å². The van der Waals surface area contributed by atoms with E-state index in [1.807, 2.05) is 11.5 Å². The highest BCUT2D eigenvalue weighted by molar-refractivity contribution is 5.79. The Balaban J connectivity index is 1.94. The molecule has 160 valence electrons. The number of aryl methyl sites for hydroxylation is 1. The van der Waals surface area contributed by atoms with Gasteiger partial charge < -0.3 is 24.7 Å². The predicted octanol–water partition coefficient (Wildman–Crippen LogP) is 2.81. The summed E-state index contributed by atoms with van der Waals surface area (Å²) in [6.45, 7) is 3.61. The van der Waals surface area contributed by atoms with Crippen LogP contribution in [0, 0.1) is 0 Å². The molecule has 2 rings (SSSR count). The van der Waals surface area contributed by atoms with E-state index in [1.54, 1.807) is 37.8 Å². The second kappa shape index (κ2) is 12.5. The minimum Gasteiger partial charge on any atom is -0.490 e. The molecule has 1 aromatic heterocycles. The van der Waals surface area contributed by atoms with Gasteiger partial charge in [0.2, 0.25) is 0 Å². The number of halogens is 2. The summed E-state index contributed by atoms with van der Waals surface area (Å²) in [4.78, 5) is 4.49. The Kier molecular flexibility index (Phi) is 9.67. The number of alkyl halides is 2. The van der Waals surface area contributed by atoms with Crippen LogP contribution in [0.1, 0.15) is 32.3 Å². The van der Waals surface area contributed by atoms with Crippen LogP contribution in [-0.2, 0) is 13.1 Å². The number of unbranched alkanes of at least 4 members (excludes halogenated alkanes) is 1. The molecule has 0 radical (unpaired) electrons. The Hall–Kier alpha value is -2.91. The van der Waals surface area contributed by atoms with Crippen LogP contribution in [0.5, 0.6) is 11.5 Å². The second-order valence-corrected chi connectivity index (χ2v) is 6.08. The lowest BCUT2D eigenvalue weighted by Gasteiger charge is -2.15. The fourth-order valence-electron chi connectivity index (χ4n) is 2.65. The summed E-state index contributed by atoms with van der Waals surface area (Å²) in [7, 11) is 0. The molecule has 0 atom stereocenters. The number of aromatic nitrogens is 3. The highest BCUT2D eigenvalue weighted by Crippen LogP contribution is 2.33. The number of hydrogen-bond acceptors (Lipinski definition) is 5. The minimum atomic E-state index is -2.93. The number of hydrogen-bond donors (Lipinski definition) is 2. The molecule has 0 aliphatic carbocycles. The van der Waals surface area contributed by atoms with Gasteiger partial charge in [-0.1, -0.05) is 12.1 Å². The van der Waals surface area contributed by atoms with Crippen molar-refractivity contribution in [2.24, 2.45) is 4.99 Å². The van der Waals surface area contributed by atoms with Gasteiger partial charge in [0, 0.05) is 25.2 Å². The lowest BCUT2D eigenvalue weighted by molar-refractivity contribution is -0.0520. The largest absolute Gasteiger partial charge is 0.490 e. The zero-order valence-corrected chi connectivity index (χ0v) is 16.8. The molecular formula is C19H28F2N6O2. The lowest BCUT2D eigenvalue weighted by Crippen LogP contribution is -2.37. The first-order chi connectivity index (χ1) is 14.1. The van der Waals surface area contributed by atoms with Crippen LogP contribution in [-0.4, -0.2) is 47.0 Å². The number of nitrogens with zero attached hydrogens (tertiary/aromatic N) is 4. The molecule has 0 fully saturated rings. The summed E-state index contributed by atoms with van der Waals surface area (Å²) >= 11 is 0. The number of rotatable bonds is 12. The SMILES string of the molecule is CCNC(=NCc1cccc(OCC)c1OC(F)F)NCCCCn1cnnc1. The molecule has 10 heteroatoms. The normalized spacial score (nSPS) is 11.6. The number of aliphatic imine (C=N–C) groups is 1. The molecule has 2 aromatic rings. The van der Waals surface area contributed by atoms with Crippen molar-refractivity contribution >= 4 is 5.96 Å². The van der Waals surface area contributed by atoms with Crippen molar-refractivity contribution in [1.82, 2.24) is 25.4 Å². The van der Waals surface area contributed by atoms with Gasteiger partial charge in [-0.15, -0.1) is 10.2 Å². The first kappa shape index (κ1) is 22.4. The van der Waals surface area contributed by atoms with Crippen LogP contribution in [0.4, 0.5) is 8.78 Å². The third-order valence-corrected chi connectivity index (χ3v) is 3.92. The van der Waals surface area contributed by atoms with Crippen molar-refractivity contribution in [3.05, 3.63) is 36.4 Å². The Labute approximate surface area is 169 Å². The maximum atomic E-state index is 12.8. The number of para-hydroxylation sites is 1. The fraction of sp³-hybridized carbons (Fsp3) is 0.526. The van der Waals surface area contributed by atoms with E-state index >= 15 is 0 Å². The van der Waals surface area contributed by atoms with Crippen LogP contribution in [0.3, 0.4) is 0 Å². The number of ether oxygens (including phenoxy) is 2. The predicted molar refractivity (Wildman–Crippen MR) is 106 cm³/mol. The summed E-state index contributed by atoms with van der Waals surface area (Å²) in [5.41, 5.74) is 0.529. The van der Waals surface area contributed by atoms with Crippen LogP contribution in [0.15, 0.2) is 35.8 Å². The van der Waals surface area contributed by atoms with Gasteiger partial charge in [-0.2, -0.15) is 8.78 Å². The zero-order chi connectivity index (χ0) is 20.9. The van der Waals surface area contributed by atoms with Gasteiger partial charge in [0.1, 0.15) is 12.7 Å². The van der Waals surface area contributed by atoms with E-state index in [4.69, 9.17) is 4.74 Å². The van der Waals surface area contributed by atoms with E-state index in [9.17, 15) is 8.78 Å². The summed E-state index contributed by atoms with van der Waals surface area (Å²) in [6, 6.07) is 5.04. The monoisotopic (exact) mass is 410 g/mol. The van der Waals surface area contributed by atoms with E-state index in [0.717, 1.165) is 25.9 Å². The smallest absolute Gasteiger partial charge is 0.387 e. The Morgan fingerprint density at radius 3 is 2.66 bits per heavy atom. The molecule has 0 unspecified atom stereocenters. The molecule has 29 heavy (non-hydrogen) atoms. The first-order valence-electron chi connectivity index (χ1n) is 9.68. The summed E-state index contributed by atoms with van der Waals surface area (Å²) in [5, 5.41) is 13.9. The molecule has 0 aliphatic rings. The van der Waals surface area contributed by atoms with E-state index in [0.29, 0.717) is 24.7 Å². The molecular weight excluding hydrogens is 382 g/mol. The van der Waals surface area contributed by atoms with Gasteiger partial charge in [0.25, 0.3) is 0 Å². The molecule has 0 aliphatic heterocycles. The van der Waals surface area contributed by atoms with E-state index in [1.165, 1.54) is 0 Å². The quantitative estimate of drug-likeness (QED) is 0.318. The Morgan fingerprint density at radius 1 is 1.17 bits per heavy atom. The maximum Gasteiger partial charge on any atom is 0.387 e. The summed E-state index contributed by atoms with van der Waals surface area (Å²) in [6.07, 6.45) is 5.28. The molecule has 1 aromatic carbocycles. The van der Waals surface area contributed by atoms with Crippen LogP contribution in [0.2, 0.25) is 0 Å². The van der Waals surface area contributed by atoms with Gasteiger partial charge in [0.15, 0.2) is 17.5 Å². The fourth-order valence-corrected chi connectivity index (χ4v) is 2.65. The standard InChI is InChI=1S/C19H28F2N6O2/c1-3-22-19(23-10-5-6-11-27-13-25-26-14-27)24-12-15-8-7-9-16(28-4-2)17(15)29-18(20)21/h7-9,13-14,18H,3-6,10-12H2,1-2H3,(H2,22,23,24). The third kappa shape index (κ3) is 7.92. The third-order valence-electron chi connectivity index (χ3n) is 3.92. The number of guanidine groups is 1. The summed E-state index contributed by atoms with van der Waals surface area (Å²) < 4.78 is 37.7. The van der Waals surface area contributed by atoms with Crippen LogP contribution < -0.4 is 20.1 Å². The second-order valence-electron chi connectivity index (χ2n) is 6.08. The van der Waals surface area contributed by atoms with Crippen LogP contribution >= 0.6 is 0 Å². The van der Waals surface area contributed by atoms with E-state index in [2.05, 4.69) is 30.6 Å². The lowest BCUT2D eigenvalue weighted by atomic mass is 10.2. The highest BCUT2D eigenvalue weighted by Gasteiger charge is 2.15. The molecule has 2 N–H and O–H groups in total. The van der Waals surface area contributed by atoms with Crippen molar-refractivity contribution in [2.75, 3.05) is 19.7 Å². The van der Waals surface area contributed by atoms with Gasteiger partial charge in [-0.25, -0.2) is 4.99 Å². The van der Waals surface area contributed by atoms with Gasteiger partial charge in [0.05, 0.1) is 13.2 Å². The number of nitrogens with one attached hydrogen (secondary N) is 2. The molecule has 8 nitrogen and oxygen atoms in total. The molecule has 0 spiro atoms. The maximum absolute atomic E-state index is 12.8. The Morgan fingerprint density at radius 2 is 1.97 bits per heavy atom.